The van der Waals surface area contributed by atoms with Crippen LogP contribution in [0.1, 0.15) is 27.2 Å². The number of amides is 1. The number of nitrogens with zero attached hydrogens (tertiary/aromatic N) is 2. The highest BCUT2D eigenvalue weighted by Gasteiger charge is 2.16. The molecule has 1 amide bonds. The number of benzene rings is 2. The van der Waals surface area contributed by atoms with E-state index in [4.69, 9.17) is 5.84 Å². The van der Waals surface area contributed by atoms with Gasteiger partial charge in [-0.3, -0.25) is 10.2 Å². The molecule has 0 saturated heterocycles. The third-order valence-electron chi connectivity index (χ3n) is 4.15. The van der Waals surface area contributed by atoms with E-state index in [9.17, 15) is 4.79 Å². The van der Waals surface area contributed by atoms with Gasteiger partial charge in [0.2, 0.25) is 0 Å². The molecule has 0 atom stereocenters. The Morgan fingerprint density at radius 3 is 2.33 bits per heavy atom. The van der Waals surface area contributed by atoms with Gasteiger partial charge < -0.3 is 0 Å². The number of aromatic nitrogens is 2. The Balaban J connectivity index is 2.19. The van der Waals surface area contributed by atoms with Crippen molar-refractivity contribution in [3.8, 4) is 16.9 Å². The molecule has 0 radical (unpaired) electrons. The number of nitrogens with two attached hydrogens (primary N) is 1. The zero-order chi connectivity index (χ0) is 17.3. The van der Waals surface area contributed by atoms with Gasteiger partial charge in [-0.05, 0) is 56.2 Å². The van der Waals surface area contributed by atoms with Crippen molar-refractivity contribution in [1.29, 1.82) is 0 Å². The van der Waals surface area contributed by atoms with Crippen LogP contribution in [0.5, 0.6) is 0 Å². The second-order valence-electron chi connectivity index (χ2n) is 5.93. The highest BCUT2D eigenvalue weighted by atomic mass is 16.2. The molecule has 0 spiro atoms. The summed E-state index contributed by atoms with van der Waals surface area (Å²) in [5.41, 5.74) is 8.74. The van der Waals surface area contributed by atoms with Gasteiger partial charge >= 0.3 is 0 Å². The van der Waals surface area contributed by atoms with Crippen molar-refractivity contribution >= 4 is 5.91 Å². The van der Waals surface area contributed by atoms with Crippen LogP contribution in [0.3, 0.4) is 0 Å². The Morgan fingerprint density at radius 2 is 1.71 bits per heavy atom. The van der Waals surface area contributed by atoms with E-state index in [0.29, 0.717) is 0 Å². The van der Waals surface area contributed by atoms with E-state index in [0.717, 1.165) is 16.9 Å². The standard InChI is InChI=1S/C19H20N4O/c1-12-4-8-16(9-5-12)23-18(11-17(22-23)19(24)21-20)15-7-6-13(2)14(3)10-15/h4-11H,20H2,1-3H3,(H,21,24). The van der Waals surface area contributed by atoms with Crippen molar-refractivity contribution in [3.63, 3.8) is 0 Å². The van der Waals surface area contributed by atoms with Crippen LogP contribution in [0.4, 0.5) is 0 Å². The second-order valence-corrected chi connectivity index (χ2v) is 5.93. The molecule has 3 rings (SSSR count). The number of hydrogen-bond donors (Lipinski definition) is 2. The van der Waals surface area contributed by atoms with Crippen LogP contribution < -0.4 is 11.3 Å². The molecule has 0 aliphatic carbocycles. The molecular weight excluding hydrogens is 300 g/mol. The van der Waals surface area contributed by atoms with Crippen LogP contribution in [-0.2, 0) is 0 Å². The van der Waals surface area contributed by atoms with Crippen molar-refractivity contribution < 1.29 is 4.79 Å². The molecule has 0 bridgehead atoms. The summed E-state index contributed by atoms with van der Waals surface area (Å²) in [6, 6.07) is 16.0. The van der Waals surface area contributed by atoms with Gasteiger partial charge in [0, 0.05) is 5.56 Å². The van der Waals surface area contributed by atoms with Crippen molar-refractivity contribution in [2.24, 2.45) is 5.84 Å². The van der Waals surface area contributed by atoms with E-state index in [1.54, 1.807) is 10.7 Å². The van der Waals surface area contributed by atoms with Crippen molar-refractivity contribution in [1.82, 2.24) is 15.2 Å². The predicted molar refractivity (Wildman–Crippen MR) is 94.9 cm³/mol. The predicted octanol–water partition coefficient (Wildman–Crippen LogP) is 3.07. The van der Waals surface area contributed by atoms with Crippen LogP contribution in [0.2, 0.25) is 0 Å². The van der Waals surface area contributed by atoms with Crippen molar-refractivity contribution in [2.75, 3.05) is 0 Å². The summed E-state index contributed by atoms with van der Waals surface area (Å²) in [5.74, 6) is 4.84. The van der Waals surface area contributed by atoms with Gasteiger partial charge in [-0.2, -0.15) is 5.10 Å². The van der Waals surface area contributed by atoms with Gasteiger partial charge in [0.05, 0.1) is 11.4 Å². The van der Waals surface area contributed by atoms with Crippen LogP contribution in [0, 0.1) is 20.8 Å². The van der Waals surface area contributed by atoms with Crippen LogP contribution in [0.25, 0.3) is 16.9 Å². The smallest absolute Gasteiger partial charge is 0.285 e. The summed E-state index contributed by atoms with van der Waals surface area (Å²) in [4.78, 5) is 11.9. The molecule has 2 aromatic carbocycles. The second kappa shape index (κ2) is 6.29. The lowest BCUT2D eigenvalue weighted by Crippen LogP contribution is -2.30. The molecule has 3 aromatic rings. The molecule has 122 valence electrons. The number of carbonyl (C=O) groups excluding carboxylic acids is 1. The minimum atomic E-state index is -0.411. The maximum Gasteiger partial charge on any atom is 0.285 e. The zero-order valence-corrected chi connectivity index (χ0v) is 14.0. The molecule has 3 N–H and O–H groups in total. The minimum Gasteiger partial charge on any atom is -0.289 e. The first-order chi connectivity index (χ1) is 11.5. The lowest BCUT2D eigenvalue weighted by atomic mass is 10.0. The van der Waals surface area contributed by atoms with Gasteiger partial charge in [-0.25, -0.2) is 10.5 Å². The van der Waals surface area contributed by atoms with Gasteiger partial charge in [-0.15, -0.1) is 0 Å². The van der Waals surface area contributed by atoms with Gasteiger partial charge in [0.1, 0.15) is 0 Å². The molecule has 0 saturated carbocycles. The average molecular weight is 320 g/mol. The number of aryl methyl sites for hydroxylation is 3. The molecular formula is C19H20N4O. The molecule has 1 heterocycles. The van der Waals surface area contributed by atoms with E-state index in [2.05, 4.69) is 36.5 Å². The molecule has 0 aliphatic heterocycles. The monoisotopic (exact) mass is 320 g/mol. The summed E-state index contributed by atoms with van der Waals surface area (Å²) < 4.78 is 1.77. The first-order valence-electron chi connectivity index (χ1n) is 7.75. The largest absolute Gasteiger partial charge is 0.289 e. The quantitative estimate of drug-likeness (QED) is 0.442. The molecule has 1 aromatic heterocycles. The summed E-state index contributed by atoms with van der Waals surface area (Å²) >= 11 is 0. The van der Waals surface area contributed by atoms with E-state index >= 15 is 0 Å². The summed E-state index contributed by atoms with van der Waals surface area (Å²) in [6.07, 6.45) is 0. The Morgan fingerprint density at radius 1 is 1.00 bits per heavy atom. The topological polar surface area (TPSA) is 72.9 Å². The van der Waals surface area contributed by atoms with Crippen LogP contribution in [-0.4, -0.2) is 15.7 Å². The fourth-order valence-corrected chi connectivity index (χ4v) is 2.56. The molecule has 0 fully saturated rings. The Kier molecular flexibility index (Phi) is 4.18. The first kappa shape index (κ1) is 16.0. The fourth-order valence-electron chi connectivity index (χ4n) is 2.56. The van der Waals surface area contributed by atoms with Crippen LogP contribution >= 0.6 is 0 Å². The third kappa shape index (κ3) is 2.94. The SMILES string of the molecule is Cc1ccc(-n2nc(C(=O)NN)cc2-c2ccc(C)c(C)c2)cc1. The normalized spacial score (nSPS) is 10.7. The highest BCUT2D eigenvalue weighted by molar-refractivity contribution is 5.93. The lowest BCUT2D eigenvalue weighted by molar-refractivity contribution is 0.0948. The summed E-state index contributed by atoms with van der Waals surface area (Å²) in [7, 11) is 0. The minimum absolute atomic E-state index is 0.284. The number of carbonyl (C=O) groups is 1. The van der Waals surface area contributed by atoms with Gasteiger partial charge in [0.25, 0.3) is 5.91 Å². The first-order valence-corrected chi connectivity index (χ1v) is 7.75. The van der Waals surface area contributed by atoms with Crippen molar-refractivity contribution in [2.45, 2.75) is 20.8 Å². The van der Waals surface area contributed by atoms with Gasteiger partial charge in [0.15, 0.2) is 5.69 Å². The zero-order valence-electron chi connectivity index (χ0n) is 14.0. The van der Waals surface area contributed by atoms with E-state index in [1.807, 2.05) is 37.3 Å². The Bertz CT molecular complexity index is 894. The molecule has 5 nitrogen and oxygen atoms in total. The lowest BCUT2D eigenvalue weighted by Gasteiger charge is -2.09. The summed E-state index contributed by atoms with van der Waals surface area (Å²) in [6.45, 7) is 6.17. The van der Waals surface area contributed by atoms with Crippen LogP contribution in [0.15, 0.2) is 48.5 Å². The third-order valence-corrected chi connectivity index (χ3v) is 4.15. The Labute approximate surface area is 141 Å². The molecule has 5 heteroatoms. The molecule has 24 heavy (non-hydrogen) atoms. The number of rotatable bonds is 3. The molecule has 0 unspecified atom stereocenters. The maximum absolute atomic E-state index is 11.9. The van der Waals surface area contributed by atoms with E-state index in [-0.39, 0.29) is 5.69 Å². The highest BCUT2D eigenvalue weighted by Crippen LogP contribution is 2.26. The van der Waals surface area contributed by atoms with Gasteiger partial charge in [-0.1, -0.05) is 29.8 Å². The van der Waals surface area contributed by atoms with E-state index < -0.39 is 5.91 Å². The number of hydrazine groups is 1. The van der Waals surface area contributed by atoms with E-state index in [1.165, 1.54) is 16.7 Å². The number of hydrogen-bond acceptors (Lipinski definition) is 3. The van der Waals surface area contributed by atoms with Crippen molar-refractivity contribution in [3.05, 3.63) is 70.9 Å². The maximum atomic E-state index is 11.9. The average Bonchev–Trinajstić information content (AvgIpc) is 3.02. The number of nitrogens with one attached hydrogen (secondary N) is 1. The molecule has 0 aliphatic rings. The Hall–Kier alpha value is -2.92. The summed E-state index contributed by atoms with van der Waals surface area (Å²) in [5, 5.41) is 4.43. The number of nitrogen functional groups attached to an aromatic ring is 1. The fraction of sp³-hybridized carbons (Fsp3) is 0.158.